The van der Waals surface area contributed by atoms with E-state index < -0.39 is 14.8 Å². The van der Waals surface area contributed by atoms with E-state index in [0.717, 1.165) is 17.1 Å². The van der Waals surface area contributed by atoms with Crippen molar-refractivity contribution >= 4 is 15.9 Å². The second kappa shape index (κ2) is 3.43. The van der Waals surface area contributed by atoms with Crippen molar-refractivity contribution in [3.8, 4) is 0 Å². The largest absolute Gasteiger partial charge is 0.328 e. The Balaban J connectivity index is 2.16. The minimum Gasteiger partial charge on any atom is -0.328 e. The van der Waals surface area contributed by atoms with Crippen LogP contribution in [0.25, 0.3) is 0 Å². The van der Waals surface area contributed by atoms with Gasteiger partial charge in [-0.15, -0.1) is 0 Å². The van der Waals surface area contributed by atoms with Gasteiger partial charge in [-0.05, 0) is 39.5 Å². The maximum Gasteiger partial charge on any atom is 0.259 e. The van der Waals surface area contributed by atoms with Crippen molar-refractivity contribution < 1.29 is 13.2 Å². The van der Waals surface area contributed by atoms with E-state index in [9.17, 15) is 13.2 Å². The molecule has 92 valence electrons. The van der Waals surface area contributed by atoms with Crippen molar-refractivity contribution in [2.45, 2.75) is 56.4 Å². The first-order chi connectivity index (χ1) is 7.28. The molecule has 0 aromatic heterocycles. The Morgan fingerprint density at radius 1 is 1.25 bits per heavy atom. The lowest BCUT2D eigenvalue weighted by Crippen LogP contribution is -2.70. The van der Waals surface area contributed by atoms with Crippen LogP contribution in [0.2, 0.25) is 0 Å². The van der Waals surface area contributed by atoms with Gasteiger partial charge in [-0.1, -0.05) is 0 Å². The van der Waals surface area contributed by atoms with Gasteiger partial charge in [0.2, 0.25) is 0 Å². The van der Waals surface area contributed by atoms with Crippen LogP contribution in [0, 0.1) is 0 Å². The third-order valence-electron chi connectivity index (χ3n) is 3.69. The summed E-state index contributed by atoms with van der Waals surface area (Å²) in [4.78, 5) is 11.8. The van der Waals surface area contributed by atoms with E-state index in [-0.39, 0.29) is 18.0 Å². The number of sulfonamides is 1. The van der Waals surface area contributed by atoms with Crippen molar-refractivity contribution in [1.82, 2.24) is 4.31 Å². The van der Waals surface area contributed by atoms with Crippen LogP contribution in [-0.2, 0) is 14.8 Å². The number of nitrogens with two attached hydrogens (primary N) is 1. The molecule has 1 saturated carbocycles. The lowest BCUT2D eigenvalue weighted by atomic mass is 9.91. The first-order valence-electron chi connectivity index (χ1n) is 5.62. The molecule has 6 heteroatoms. The van der Waals surface area contributed by atoms with Gasteiger partial charge < -0.3 is 5.73 Å². The molecule has 2 aliphatic rings. The molecule has 0 bridgehead atoms. The minimum absolute atomic E-state index is 0.156. The van der Waals surface area contributed by atoms with Gasteiger partial charge in [-0.25, -0.2) is 12.7 Å². The molecule has 0 atom stereocenters. The number of amides is 1. The maximum absolute atomic E-state index is 11.9. The predicted molar refractivity (Wildman–Crippen MR) is 60.1 cm³/mol. The Hall–Kier alpha value is -0.620. The van der Waals surface area contributed by atoms with Crippen LogP contribution in [0.3, 0.4) is 0 Å². The van der Waals surface area contributed by atoms with Crippen LogP contribution in [0.15, 0.2) is 0 Å². The Kier molecular flexibility index (Phi) is 2.54. The molecule has 0 aromatic carbocycles. The average molecular weight is 246 g/mol. The molecule has 1 aliphatic carbocycles. The van der Waals surface area contributed by atoms with E-state index in [1.807, 2.05) is 0 Å². The summed E-state index contributed by atoms with van der Waals surface area (Å²) < 4.78 is 23.7. The van der Waals surface area contributed by atoms with Gasteiger partial charge in [0.15, 0.2) is 4.75 Å². The van der Waals surface area contributed by atoms with Crippen LogP contribution in [0.5, 0.6) is 0 Å². The zero-order chi connectivity index (χ0) is 12.1. The molecule has 0 spiro atoms. The molecule has 0 unspecified atom stereocenters. The number of rotatable bonds is 1. The lowest BCUT2D eigenvalue weighted by molar-refractivity contribution is -0.134. The number of carbonyl (C=O) groups is 1. The molecule has 16 heavy (non-hydrogen) atoms. The highest BCUT2D eigenvalue weighted by Gasteiger charge is 2.62. The molecule has 5 nitrogen and oxygen atoms in total. The van der Waals surface area contributed by atoms with E-state index in [0.29, 0.717) is 12.8 Å². The van der Waals surface area contributed by atoms with Crippen LogP contribution in [-0.4, -0.2) is 35.5 Å². The van der Waals surface area contributed by atoms with E-state index in [4.69, 9.17) is 5.73 Å². The third kappa shape index (κ3) is 1.39. The van der Waals surface area contributed by atoms with Gasteiger partial charge in [0, 0.05) is 12.1 Å². The van der Waals surface area contributed by atoms with Crippen LogP contribution < -0.4 is 5.73 Å². The maximum atomic E-state index is 11.9. The highest BCUT2D eigenvalue weighted by molar-refractivity contribution is 7.94. The summed E-state index contributed by atoms with van der Waals surface area (Å²) in [6.07, 6.45) is 2.99. The van der Waals surface area contributed by atoms with E-state index >= 15 is 0 Å². The molecular weight excluding hydrogens is 228 g/mol. The Morgan fingerprint density at radius 2 is 1.75 bits per heavy atom. The monoisotopic (exact) mass is 246 g/mol. The summed E-state index contributed by atoms with van der Waals surface area (Å²) >= 11 is 0. The summed E-state index contributed by atoms with van der Waals surface area (Å²) in [7, 11) is -3.42. The van der Waals surface area contributed by atoms with Crippen molar-refractivity contribution in [3.05, 3.63) is 0 Å². The molecule has 1 saturated heterocycles. The van der Waals surface area contributed by atoms with Crippen molar-refractivity contribution in [2.75, 3.05) is 0 Å². The van der Waals surface area contributed by atoms with Crippen molar-refractivity contribution in [3.63, 3.8) is 0 Å². The normalized spacial score (nSPS) is 36.9. The summed E-state index contributed by atoms with van der Waals surface area (Å²) in [6.45, 7) is 2.94. The molecule has 0 aromatic rings. The van der Waals surface area contributed by atoms with Crippen LogP contribution >= 0.6 is 0 Å². The first kappa shape index (κ1) is 11.9. The number of hydrogen-bond donors (Lipinski definition) is 1. The Bertz CT molecular complexity index is 408. The van der Waals surface area contributed by atoms with Gasteiger partial charge in [0.05, 0.1) is 0 Å². The second-order valence-corrected chi connectivity index (χ2v) is 7.55. The first-order valence-corrected chi connectivity index (χ1v) is 7.06. The van der Waals surface area contributed by atoms with E-state index in [2.05, 4.69) is 0 Å². The standard InChI is InChI=1S/C10H18N2O3S/c1-10(2)9(13)12(16(10,14)15)8-5-3-7(11)4-6-8/h7-8H,3-6,11H2,1-2H3. The van der Waals surface area contributed by atoms with E-state index in [1.54, 1.807) is 0 Å². The highest BCUT2D eigenvalue weighted by atomic mass is 32.2. The van der Waals surface area contributed by atoms with Gasteiger partial charge in [0.25, 0.3) is 15.9 Å². The van der Waals surface area contributed by atoms with Gasteiger partial charge in [0.1, 0.15) is 0 Å². The molecule has 2 rings (SSSR count). The van der Waals surface area contributed by atoms with Gasteiger partial charge in [-0.3, -0.25) is 4.79 Å². The third-order valence-corrected chi connectivity index (χ3v) is 6.14. The van der Waals surface area contributed by atoms with Gasteiger partial charge in [-0.2, -0.15) is 0 Å². The fourth-order valence-corrected chi connectivity index (χ4v) is 4.12. The second-order valence-electron chi connectivity index (χ2n) is 5.18. The highest BCUT2D eigenvalue weighted by Crippen LogP contribution is 2.39. The van der Waals surface area contributed by atoms with Gasteiger partial charge >= 0.3 is 0 Å². The van der Waals surface area contributed by atoms with E-state index in [1.165, 1.54) is 13.8 Å². The quantitative estimate of drug-likeness (QED) is 0.717. The van der Waals surface area contributed by atoms with Crippen LogP contribution in [0.4, 0.5) is 0 Å². The van der Waals surface area contributed by atoms with Crippen LogP contribution in [0.1, 0.15) is 39.5 Å². The fourth-order valence-electron chi connectivity index (χ4n) is 2.39. The topological polar surface area (TPSA) is 80.5 Å². The van der Waals surface area contributed by atoms with Crippen molar-refractivity contribution in [1.29, 1.82) is 0 Å². The average Bonchev–Trinajstić information content (AvgIpc) is 2.20. The summed E-state index contributed by atoms with van der Waals surface area (Å²) in [5.74, 6) is -0.270. The molecule has 1 amide bonds. The lowest BCUT2D eigenvalue weighted by Gasteiger charge is -2.48. The minimum atomic E-state index is -3.42. The summed E-state index contributed by atoms with van der Waals surface area (Å²) in [5, 5.41) is 0. The molecule has 2 fully saturated rings. The zero-order valence-electron chi connectivity index (χ0n) is 9.64. The predicted octanol–water partition coefficient (Wildman–Crippen LogP) is 0.207. The number of carbonyl (C=O) groups excluding carboxylic acids is 1. The zero-order valence-corrected chi connectivity index (χ0v) is 10.5. The SMILES string of the molecule is CC1(C)C(=O)N(C2CCC(N)CC2)S1(=O)=O. The molecule has 0 radical (unpaired) electrons. The summed E-state index contributed by atoms with van der Waals surface area (Å²) in [6, 6.07) is -0.00586. The fraction of sp³-hybridized carbons (Fsp3) is 0.900. The smallest absolute Gasteiger partial charge is 0.259 e. The molecule has 1 aliphatic heterocycles. The Labute approximate surface area is 96.0 Å². The van der Waals surface area contributed by atoms with Crippen molar-refractivity contribution in [2.24, 2.45) is 5.73 Å². The number of nitrogens with zero attached hydrogens (tertiary/aromatic N) is 1. The molecule has 1 heterocycles. The molecular formula is C10H18N2O3S. The Morgan fingerprint density at radius 3 is 2.19 bits per heavy atom. The summed E-state index contributed by atoms with van der Waals surface area (Å²) in [5.41, 5.74) is 5.76. The number of hydrogen-bond acceptors (Lipinski definition) is 4. The molecule has 2 N–H and O–H groups in total.